The van der Waals surface area contributed by atoms with Gasteiger partial charge in [-0.1, -0.05) is 134 Å². The van der Waals surface area contributed by atoms with E-state index in [1.165, 1.54) is 175 Å². The molecule has 4 aromatic carbocycles. The maximum Gasteiger partial charge on any atom is 0.133 e. The molecule has 320 valence electrons. The average molecular weight is 799 g/mol. The SMILES string of the molecule is CCCCCCCCCCCCCCC[C@H]1CC[C@@H](C2CCC(c3cc(C)c(Oc4ccc(N)cc4)c(C)c3)(c3cc(C)c(Oc4ccc(N)cc4)c(C)c3)CC2)CC1. The van der Waals surface area contributed by atoms with Crippen LogP contribution < -0.4 is 20.9 Å². The molecule has 2 saturated carbocycles. The highest BCUT2D eigenvalue weighted by Crippen LogP contribution is 2.52. The third-order valence-electron chi connectivity index (χ3n) is 14.4. The Morgan fingerprint density at radius 1 is 0.475 bits per heavy atom. The number of aryl methyl sites for hydroxylation is 4. The summed E-state index contributed by atoms with van der Waals surface area (Å²) in [6.07, 6.45) is 30.9. The Kier molecular flexibility index (Phi) is 16.7. The molecule has 4 aromatic rings. The molecule has 0 atom stereocenters. The summed E-state index contributed by atoms with van der Waals surface area (Å²) in [6, 6.07) is 25.1. The molecule has 0 saturated heterocycles. The Labute approximate surface area is 359 Å². The van der Waals surface area contributed by atoms with Gasteiger partial charge in [-0.2, -0.15) is 0 Å². The molecule has 0 amide bonds. The summed E-state index contributed by atoms with van der Waals surface area (Å²) in [4.78, 5) is 0. The number of rotatable bonds is 21. The number of hydrogen-bond donors (Lipinski definition) is 2. The molecule has 0 radical (unpaired) electrons. The van der Waals surface area contributed by atoms with E-state index < -0.39 is 0 Å². The Morgan fingerprint density at radius 2 is 0.831 bits per heavy atom. The Hall–Kier alpha value is -3.92. The van der Waals surface area contributed by atoms with Crippen molar-refractivity contribution in [3.63, 3.8) is 0 Å². The van der Waals surface area contributed by atoms with Gasteiger partial charge in [0.25, 0.3) is 0 Å². The van der Waals surface area contributed by atoms with Crippen LogP contribution in [0.3, 0.4) is 0 Å². The predicted octanol–water partition coefficient (Wildman–Crippen LogP) is 16.4. The topological polar surface area (TPSA) is 70.5 Å². The van der Waals surface area contributed by atoms with E-state index in [9.17, 15) is 0 Å². The first kappa shape index (κ1) is 44.6. The molecule has 2 aliphatic rings. The first-order chi connectivity index (χ1) is 28.6. The summed E-state index contributed by atoms with van der Waals surface area (Å²) >= 11 is 0. The largest absolute Gasteiger partial charge is 0.457 e. The van der Waals surface area contributed by atoms with Crippen molar-refractivity contribution >= 4 is 11.4 Å². The van der Waals surface area contributed by atoms with Crippen molar-refractivity contribution in [2.75, 3.05) is 11.5 Å². The van der Waals surface area contributed by atoms with Gasteiger partial charge in [0.1, 0.15) is 23.0 Å². The Morgan fingerprint density at radius 3 is 1.22 bits per heavy atom. The number of unbranched alkanes of at least 4 members (excludes halogenated alkanes) is 12. The fourth-order valence-corrected chi connectivity index (χ4v) is 10.8. The van der Waals surface area contributed by atoms with Crippen LogP contribution in [0.15, 0.2) is 72.8 Å². The van der Waals surface area contributed by atoms with Gasteiger partial charge in [0.15, 0.2) is 0 Å². The molecule has 4 N–H and O–H groups in total. The fourth-order valence-electron chi connectivity index (χ4n) is 10.8. The molecule has 2 fully saturated rings. The molecule has 0 spiro atoms. The zero-order valence-corrected chi connectivity index (χ0v) is 37.7. The highest BCUT2D eigenvalue weighted by molar-refractivity contribution is 5.55. The minimum absolute atomic E-state index is 0.0631. The molecule has 6 rings (SSSR count). The van der Waals surface area contributed by atoms with Gasteiger partial charge in [-0.25, -0.2) is 0 Å². The monoisotopic (exact) mass is 799 g/mol. The lowest BCUT2D eigenvalue weighted by molar-refractivity contribution is 0.140. The summed E-state index contributed by atoms with van der Waals surface area (Å²) in [5.41, 5.74) is 20.9. The van der Waals surface area contributed by atoms with Crippen LogP contribution in [0.25, 0.3) is 0 Å². The van der Waals surface area contributed by atoms with Gasteiger partial charge in [0.05, 0.1) is 0 Å². The summed E-state index contributed by atoms with van der Waals surface area (Å²) in [5, 5.41) is 0. The van der Waals surface area contributed by atoms with Crippen molar-refractivity contribution in [2.45, 2.75) is 181 Å². The molecular weight excluding hydrogens is 721 g/mol. The van der Waals surface area contributed by atoms with Crippen LogP contribution in [-0.4, -0.2) is 0 Å². The molecule has 0 aromatic heterocycles. The van der Waals surface area contributed by atoms with Gasteiger partial charge in [-0.15, -0.1) is 0 Å². The second-order valence-electron chi connectivity index (χ2n) is 19.0. The van der Waals surface area contributed by atoms with Crippen LogP contribution in [0.2, 0.25) is 0 Å². The normalized spacial score (nSPS) is 18.2. The number of benzene rings is 4. The maximum atomic E-state index is 6.49. The third kappa shape index (κ3) is 12.3. The summed E-state index contributed by atoms with van der Waals surface area (Å²) < 4.78 is 13.0. The second kappa shape index (κ2) is 22.1. The van der Waals surface area contributed by atoms with Gasteiger partial charge < -0.3 is 20.9 Å². The van der Waals surface area contributed by atoms with E-state index in [4.69, 9.17) is 20.9 Å². The van der Waals surface area contributed by atoms with Crippen LogP contribution in [0.1, 0.15) is 182 Å². The smallest absolute Gasteiger partial charge is 0.133 e. The number of nitrogen functional groups attached to an aromatic ring is 2. The van der Waals surface area contributed by atoms with Crippen molar-refractivity contribution in [1.29, 1.82) is 0 Å². The number of nitrogens with two attached hydrogens (primary N) is 2. The van der Waals surface area contributed by atoms with E-state index in [-0.39, 0.29) is 5.41 Å². The van der Waals surface area contributed by atoms with E-state index in [0.717, 1.165) is 52.1 Å². The van der Waals surface area contributed by atoms with E-state index in [0.29, 0.717) is 0 Å². The van der Waals surface area contributed by atoms with Gasteiger partial charge in [-0.05, 0) is 166 Å². The minimum atomic E-state index is -0.0631. The molecule has 2 aliphatic carbocycles. The minimum Gasteiger partial charge on any atom is -0.457 e. The second-order valence-corrected chi connectivity index (χ2v) is 19.0. The van der Waals surface area contributed by atoms with Crippen molar-refractivity contribution in [3.05, 3.63) is 106 Å². The summed E-state index contributed by atoms with van der Waals surface area (Å²) in [6.45, 7) is 11.1. The Bertz CT molecular complexity index is 1710. The molecule has 4 nitrogen and oxygen atoms in total. The number of anilines is 2. The lowest BCUT2D eigenvalue weighted by Crippen LogP contribution is -2.36. The summed E-state index contributed by atoms with van der Waals surface area (Å²) in [5.74, 6) is 6.18. The standard InChI is InChI=1S/C55H78N2O2/c1-6-7-8-9-10-11-12-13-14-15-16-17-18-19-44-20-22-45(23-21-44)46-32-34-55(35-33-46,47-36-40(2)53(41(3)37-47)58-51-28-24-49(56)25-29-51)48-38-42(4)54(43(5)39-48)59-52-30-26-50(57)27-31-52/h24-31,36-39,44-46H,6-23,32-35,56-57H2,1-5H3/t44-,45+. The van der Waals surface area contributed by atoms with E-state index in [1.807, 2.05) is 48.5 Å². The van der Waals surface area contributed by atoms with Gasteiger partial charge in [-0.3, -0.25) is 0 Å². The van der Waals surface area contributed by atoms with E-state index in [2.05, 4.69) is 58.9 Å². The first-order valence-electron chi connectivity index (χ1n) is 24.0. The maximum absolute atomic E-state index is 6.49. The highest BCUT2D eigenvalue weighted by atomic mass is 16.5. The molecule has 59 heavy (non-hydrogen) atoms. The van der Waals surface area contributed by atoms with Crippen molar-refractivity contribution in [2.24, 2.45) is 17.8 Å². The highest BCUT2D eigenvalue weighted by Gasteiger charge is 2.42. The average Bonchev–Trinajstić information content (AvgIpc) is 3.24. The zero-order valence-electron chi connectivity index (χ0n) is 37.7. The van der Waals surface area contributed by atoms with E-state index in [1.54, 1.807) is 0 Å². The molecule has 4 heteroatoms. The zero-order chi connectivity index (χ0) is 41.6. The van der Waals surface area contributed by atoms with Crippen LogP contribution in [0.5, 0.6) is 23.0 Å². The van der Waals surface area contributed by atoms with Gasteiger partial charge in [0.2, 0.25) is 0 Å². The molecule has 0 heterocycles. The first-order valence-corrected chi connectivity index (χ1v) is 24.0. The fraction of sp³-hybridized carbons (Fsp3) is 0.564. The van der Waals surface area contributed by atoms with Crippen LogP contribution in [-0.2, 0) is 5.41 Å². The van der Waals surface area contributed by atoms with Crippen LogP contribution in [0.4, 0.5) is 11.4 Å². The molecule has 0 aliphatic heterocycles. The third-order valence-corrected chi connectivity index (χ3v) is 14.4. The number of ether oxygens (including phenoxy) is 2. The lowest BCUT2D eigenvalue weighted by Gasteiger charge is -2.45. The van der Waals surface area contributed by atoms with Crippen molar-refractivity contribution in [3.8, 4) is 23.0 Å². The van der Waals surface area contributed by atoms with E-state index >= 15 is 0 Å². The van der Waals surface area contributed by atoms with Crippen molar-refractivity contribution < 1.29 is 9.47 Å². The molecular formula is C55H78N2O2. The van der Waals surface area contributed by atoms with Gasteiger partial charge >= 0.3 is 0 Å². The summed E-state index contributed by atoms with van der Waals surface area (Å²) in [7, 11) is 0. The predicted molar refractivity (Wildman–Crippen MR) is 252 cm³/mol. The number of hydrogen-bond acceptors (Lipinski definition) is 4. The molecule has 0 bridgehead atoms. The van der Waals surface area contributed by atoms with Crippen LogP contribution in [0, 0.1) is 45.4 Å². The van der Waals surface area contributed by atoms with Gasteiger partial charge in [0, 0.05) is 16.8 Å². The quantitative estimate of drug-likeness (QED) is 0.0651. The van der Waals surface area contributed by atoms with Crippen LogP contribution >= 0.6 is 0 Å². The molecule has 0 unspecified atom stereocenters. The lowest BCUT2D eigenvalue weighted by atomic mass is 9.59. The van der Waals surface area contributed by atoms with Crippen molar-refractivity contribution in [1.82, 2.24) is 0 Å². The Balaban J connectivity index is 1.07.